The van der Waals surface area contributed by atoms with E-state index in [1.165, 1.54) is 19.1 Å². The maximum Gasteiger partial charge on any atom is 0.326 e. The first-order chi connectivity index (χ1) is 8.40. The van der Waals surface area contributed by atoms with Crippen LogP contribution < -0.4 is 11.1 Å². The SMILES string of the molecule is C[C@H](N)C(=O)N[C@@H](Cc1ccc(O)cc1)C(=O)O.O.O. The number of nitrogens with two attached hydrogens (primary N) is 1. The molecule has 0 saturated heterocycles. The van der Waals surface area contributed by atoms with E-state index < -0.39 is 24.0 Å². The summed E-state index contributed by atoms with van der Waals surface area (Å²) in [5, 5.41) is 20.5. The average molecular weight is 288 g/mol. The molecule has 0 spiro atoms. The van der Waals surface area contributed by atoms with Crippen LogP contribution in [0.3, 0.4) is 0 Å². The molecular formula is C12H20N2O6. The zero-order valence-electron chi connectivity index (χ0n) is 11.0. The first-order valence-corrected chi connectivity index (χ1v) is 5.47. The van der Waals surface area contributed by atoms with E-state index in [1.54, 1.807) is 12.1 Å². The lowest BCUT2D eigenvalue weighted by Crippen LogP contribution is -2.48. The predicted octanol–water partition coefficient (Wildman–Crippen LogP) is -1.80. The van der Waals surface area contributed by atoms with Crippen LogP contribution in [-0.2, 0) is 16.0 Å². The molecule has 0 unspecified atom stereocenters. The molecule has 114 valence electrons. The fraction of sp³-hybridized carbons (Fsp3) is 0.333. The summed E-state index contributed by atoms with van der Waals surface area (Å²) in [6.07, 6.45) is 0.133. The van der Waals surface area contributed by atoms with Crippen LogP contribution >= 0.6 is 0 Å². The second kappa shape index (κ2) is 8.86. The van der Waals surface area contributed by atoms with Crippen molar-refractivity contribution in [1.29, 1.82) is 0 Å². The number of nitrogens with one attached hydrogen (secondary N) is 1. The molecule has 2 atom stereocenters. The van der Waals surface area contributed by atoms with E-state index >= 15 is 0 Å². The molecule has 0 aliphatic heterocycles. The van der Waals surface area contributed by atoms with Gasteiger partial charge in [-0.15, -0.1) is 0 Å². The van der Waals surface area contributed by atoms with Gasteiger partial charge in [0.15, 0.2) is 0 Å². The number of benzene rings is 1. The fourth-order valence-electron chi connectivity index (χ4n) is 1.37. The van der Waals surface area contributed by atoms with Crippen LogP contribution in [0.5, 0.6) is 5.75 Å². The number of hydrogen-bond acceptors (Lipinski definition) is 4. The first kappa shape index (κ1) is 20.2. The Balaban J connectivity index is 0. The van der Waals surface area contributed by atoms with Crippen LogP contribution in [0.25, 0.3) is 0 Å². The molecule has 20 heavy (non-hydrogen) atoms. The second-order valence-electron chi connectivity index (χ2n) is 4.06. The molecule has 1 amide bonds. The molecule has 0 aromatic heterocycles. The second-order valence-corrected chi connectivity index (χ2v) is 4.06. The zero-order valence-corrected chi connectivity index (χ0v) is 11.0. The summed E-state index contributed by atoms with van der Waals surface area (Å²) >= 11 is 0. The van der Waals surface area contributed by atoms with E-state index in [0.717, 1.165) is 0 Å². The standard InChI is InChI=1S/C12H16N2O4.2H2O/c1-7(13)11(16)14-10(12(17)18)6-8-2-4-9(15)5-3-8;;/h2-5,7,10,15H,6,13H2,1H3,(H,14,16)(H,17,18);2*1H2/t7-,10-;;/m0../s1. The zero-order chi connectivity index (χ0) is 13.7. The Morgan fingerprint density at radius 3 is 2.15 bits per heavy atom. The van der Waals surface area contributed by atoms with Gasteiger partial charge in [0.25, 0.3) is 0 Å². The summed E-state index contributed by atoms with van der Waals surface area (Å²) in [6, 6.07) is 4.33. The minimum Gasteiger partial charge on any atom is -0.508 e. The lowest BCUT2D eigenvalue weighted by Gasteiger charge is -2.16. The van der Waals surface area contributed by atoms with Crippen LogP contribution in [-0.4, -0.2) is 45.1 Å². The number of aromatic hydroxyl groups is 1. The Kier molecular flexibility index (Phi) is 8.93. The summed E-state index contributed by atoms with van der Waals surface area (Å²) in [6.45, 7) is 1.48. The van der Waals surface area contributed by atoms with Crippen molar-refractivity contribution >= 4 is 11.9 Å². The molecule has 0 bridgehead atoms. The number of carboxylic acids is 1. The summed E-state index contributed by atoms with van der Waals surface area (Å²) in [7, 11) is 0. The maximum absolute atomic E-state index is 11.4. The molecule has 0 fully saturated rings. The van der Waals surface area contributed by atoms with E-state index in [0.29, 0.717) is 5.56 Å². The monoisotopic (exact) mass is 288 g/mol. The van der Waals surface area contributed by atoms with Crippen molar-refractivity contribution in [2.24, 2.45) is 5.73 Å². The van der Waals surface area contributed by atoms with Gasteiger partial charge < -0.3 is 32.2 Å². The highest BCUT2D eigenvalue weighted by atomic mass is 16.4. The Hall–Kier alpha value is -2.16. The Morgan fingerprint density at radius 2 is 1.75 bits per heavy atom. The highest BCUT2D eigenvalue weighted by Crippen LogP contribution is 2.11. The molecule has 0 aliphatic carbocycles. The van der Waals surface area contributed by atoms with Crippen molar-refractivity contribution in [3.8, 4) is 5.75 Å². The van der Waals surface area contributed by atoms with Gasteiger partial charge in [0.2, 0.25) is 5.91 Å². The molecule has 1 rings (SSSR count). The number of phenols is 1. The minimum absolute atomic E-state index is 0. The molecule has 0 heterocycles. The van der Waals surface area contributed by atoms with Crippen LogP contribution in [0.1, 0.15) is 12.5 Å². The van der Waals surface area contributed by atoms with Gasteiger partial charge in [-0.25, -0.2) is 4.79 Å². The number of carboxylic acid groups (broad SMARTS) is 1. The van der Waals surface area contributed by atoms with Crippen molar-refractivity contribution in [3.05, 3.63) is 29.8 Å². The van der Waals surface area contributed by atoms with Gasteiger partial charge in [0.05, 0.1) is 6.04 Å². The number of hydrogen-bond donors (Lipinski definition) is 4. The third kappa shape index (κ3) is 6.14. The van der Waals surface area contributed by atoms with E-state index in [-0.39, 0.29) is 23.1 Å². The first-order valence-electron chi connectivity index (χ1n) is 5.47. The number of aliphatic carboxylic acids is 1. The Morgan fingerprint density at radius 1 is 1.25 bits per heavy atom. The summed E-state index contributed by atoms with van der Waals surface area (Å²) in [5.41, 5.74) is 6.06. The van der Waals surface area contributed by atoms with Gasteiger partial charge in [0.1, 0.15) is 11.8 Å². The highest BCUT2D eigenvalue weighted by molar-refractivity contribution is 5.86. The number of phenolic OH excluding ortho intramolecular Hbond substituents is 1. The van der Waals surface area contributed by atoms with Crippen LogP contribution in [0.2, 0.25) is 0 Å². The Labute approximate surface area is 115 Å². The van der Waals surface area contributed by atoms with Crippen molar-refractivity contribution in [2.45, 2.75) is 25.4 Å². The molecule has 8 heteroatoms. The van der Waals surface area contributed by atoms with E-state index in [9.17, 15) is 9.59 Å². The van der Waals surface area contributed by atoms with E-state index in [2.05, 4.69) is 5.32 Å². The molecule has 0 radical (unpaired) electrons. The van der Waals surface area contributed by atoms with Crippen molar-refractivity contribution in [3.63, 3.8) is 0 Å². The Bertz CT molecular complexity index is 432. The third-order valence-corrected chi connectivity index (χ3v) is 2.40. The summed E-state index contributed by atoms with van der Waals surface area (Å²) in [4.78, 5) is 22.4. The number of rotatable bonds is 5. The van der Waals surface area contributed by atoms with E-state index in [1.807, 2.05) is 0 Å². The van der Waals surface area contributed by atoms with Crippen molar-refractivity contribution in [2.75, 3.05) is 0 Å². The van der Waals surface area contributed by atoms with Crippen molar-refractivity contribution in [1.82, 2.24) is 5.32 Å². The quantitative estimate of drug-likeness (QED) is 0.499. The largest absolute Gasteiger partial charge is 0.508 e. The van der Waals surface area contributed by atoms with Crippen LogP contribution in [0.4, 0.5) is 0 Å². The van der Waals surface area contributed by atoms with Gasteiger partial charge >= 0.3 is 5.97 Å². The molecule has 8 nitrogen and oxygen atoms in total. The topological polar surface area (TPSA) is 176 Å². The van der Waals surface area contributed by atoms with Gasteiger partial charge in [-0.1, -0.05) is 12.1 Å². The van der Waals surface area contributed by atoms with Gasteiger partial charge in [-0.2, -0.15) is 0 Å². The van der Waals surface area contributed by atoms with Gasteiger partial charge in [-0.05, 0) is 24.6 Å². The normalized spacial score (nSPS) is 12.3. The average Bonchev–Trinajstić information content (AvgIpc) is 2.30. The molecule has 9 N–H and O–H groups in total. The molecule has 1 aromatic rings. The van der Waals surface area contributed by atoms with Gasteiger partial charge in [-0.3, -0.25) is 4.79 Å². The number of amides is 1. The molecule has 0 saturated carbocycles. The number of carbonyl (C=O) groups is 2. The number of carbonyl (C=O) groups excluding carboxylic acids is 1. The summed E-state index contributed by atoms with van der Waals surface area (Å²) < 4.78 is 0. The maximum atomic E-state index is 11.4. The molecule has 1 aromatic carbocycles. The fourth-order valence-corrected chi connectivity index (χ4v) is 1.37. The third-order valence-electron chi connectivity index (χ3n) is 2.40. The van der Waals surface area contributed by atoms with Crippen molar-refractivity contribution < 1.29 is 30.8 Å². The minimum atomic E-state index is -1.13. The predicted molar refractivity (Wildman–Crippen MR) is 72.3 cm³/mol. The van der Waals surface area contributed by atoms with Gasteiger partial charge in [0, 0.05) is 6.42 Å². The lowest BCUT2D eigenvalue weighted by molar-refractivity contribution is -0.141. The highest BCUT2D eigenvalue weighted by Gasteiger charge is 2.21. The van der Waals surface area contributed by atoms with Crippen LogP contribution in [0, 0.1) is 0 Å². The van der Waals surface area contributed by atoms with Crippen LogP contribution in [0.15, 0.2) is 24.3 Å². The summed E-state index contributed by atoms with van der Waals surface area (Å²) in [5.74, 6) is -1.54. The lowest BCUT2D eigenvalue weighted by atomic mass is 10.1. The van der Waals surface area contributed by atoms with E-state index in [4.69, 9.17) is 15.9 Å². The molecule has 0 aliphatic rings. The smallest absolute Gasteiger partial charge is 0.326 e. The molecular weight excluding hydrogens is 268 g/mol.